The molecule has 1 fully saturated rings. The Morgan fingerprint density at radius 3 is 2.26 bits per heavy atom. The minimum Gasteiger partial charge on any atom is -0.497 e. The number of benzene rings is 3. The lowest BCUT2D eigenvalue weighted by Crippen LogP contribution is -2.52. The number of nitrogens with one attached hydrogen (secondary N) is 1. The fourth-order valence-electron chi connectivity index (χ4n) is 4.94. The van der Waals surface area contributed by atoms with Gasteiger partial charge in [-0.3, -0.25) is 9.59 Å². The summed E-state index contributed by atoms with van der Waals surface area (Å²) in [5.74, 6) is 1.31. The Balaban J connectivity index is 1.49. The van der Waals surface area contributed by atoms with E-state index in [1.54, 1.807) is 12.0 Å². The van der Waals surface area contributed by atoms with Crippen LogP contribution in [0.4, 0.5) is 0 Å². The van der Waals surface area contributed by atoms with Gasteiger partial charge in [0.15, 0.2) is 0 Å². The van der Waals surface area contributed by atoms with Crippen molar-refractivity contribution in [3.63, 3.8) is 0 Å². The molecule has 7 heteroatoms. The normalized spacial score (nSPS) is 14.0. The molecule has 0 heterocycles. The van der Waals surface area contributed by atoms with Crippen molar-refractivity contribution in [1.29, 1.82) is 0 Å². The topological polar surface area (TPSA) is 67.9 Å². The predicted octanol–water partition coefficient (Wildman–Crippen LogP) is 6.21. The van der Waals surface area contributed by atoms with Crippen LogP contribution in [0.25, 0.3) is 0 Å². The maximum Gasteiger partial charge on any atom is 0.243 e. The molecule has 0 aromatic heterocycles. The molecule has 39 heavy (non-hydrogen) atoms. The van der Waals surface area contributed by atoms with Gasteiger partial charge in [0, 0.05) is 30.5 Å². The zero-order chi connectivity index (χ0) is 27.5. The van der Waals surface area contributed by atoms with Crippen molar-refractivity contribution in [2.75, 3.05) is 13.7 Å². The van der Waals surface area contributed by atoms with Crippen molar-refractivity contribution in [3.8, 4) is 11.5 Å². The quantitative estimate of drug-likeness (QED) is 0.258. The van der Waals surface area contributed by atoms with Crippen LogP contribution in [0.5, 0.6) is 11.5 Å². The highest BCUT2D eigenvalue weighted by molar-refractivity contribution is 6.30. The minimum absolute atomic E-state index is 0.0780. The molecule has 0 spiro atoms. The molecule has 6 nitrogen and oxygen atoms in total. The van der Waals surface area contributed by atoms with Gasteiger partial charge in [-0.05, 0) is 66.8 Å². The molecule has 1 atom stereocenters. The van der Waals surface area contributed by atoms with Crippen molar-refractivity contribution in [2.24, 2.45) is 0 Å². The van der Waals surface area contributed by atoms with Crippen LogP contribution in [-0.2, 0) is 22.6 Å². The van der Waals surface area contributed by atoms with Crippen molar-refractivity contribution in [3.05, 3.63) is 95.0 Å². The van der Waals surface area contributed by atoms with Gasteiger partial charge < -0.3 is 19.7 Å². The van der Waals surface area contributed by atoms with Crippen molar-refractivity contribution in [1.82, 2.24) is 10.2 Å². The van der Waals surface area contributed by atoms with Gasteiger partial charge in [0.2, 0.25) is 11.8 Å². The number of carbonyl (C=O) groups excluding carboxylic acids is 2. The van der Waals surface area contributed by atoms with E-state index in [1.165, 1.54) is 0 Å². The summed E-state index contributed by atoms with van der Waals surface area (Å²) in [7, 11) is 1.62. The Kier molecular flexibility index (Phi) is 10.7. The highest BCUT2D eigenvalue weighted by Gasteiger charge is 2.32. The lowest BCUT2D eigenvalue weighted by molar-refractivity contribution is -0.141. The van der Waals surface area contributed by atoms with Crippen LogP contribution in [0.15, 0.2) is 78.9 Å². The van der Waals surface area contributed by atoms with E-state index in [9.17, 15) is 9.59 Å². The predicted molar refractivity (Wildman–Crippen MR) is 154 cm³/mol. The Morgan fingerprint density at radius 1 is 0.923 bits per heavy atom. The SMILES string of the molecule is COc1ccc(OCCCC(=O)N(Cc2ccc(Cl)cc2)C(Cc2ccccc2)C(=O)NC2CCCC2)cc1. The highest BCUT2D eigenvalue weighted by Crippen LogP contribution is 2.22. The van der Waals surface area contributed by atoms with E-state index >= 15 is 0 Å². The molecule has 1 aliphatic rings. The van der Waals surface area contributed by atoms with Gasteiger partial charge in [-0.2, -0.15) is 0 Å². The Bertz CT molecular complexity index is 1180. The van der Waals surface area contributed by atoms with Gasteiger partial charge in [0.25, 0.3) is 0 Å². The van der Waals surface area contributed by atoms with Crippen LogP contribution in [0.1, 0.15) is 49.7 Å². The maximum atomic E-state index is 13.7. The molecule has 0 bridgehead atoms. The zero-order valence-corrected chi connectivity index (χ0v) is 23.2. The fourth-order valence-corrected chi connectivity index (χ4v) is 5.06. The van der Waals surface area contributed by atoms with Crippen LogP contribution in [-0.4, -0.2) is 42.5 Å². The number of nitrogens with zero attached hydrogens (tertiary/aromatic N) is 1. The standard InChI is InChI=1S/C32H37ClN2O4/c1-38-28-17-19-29(20-18-28)39-21-7-12-31(36)35(23-25-13-15-26(33)16-14-25)30(22-24-8-3-2-4-9-24)32(37)34-27-10-5-6-11-27/h2-4,8-9,13-20,27,30H,5-7,10-12,21-23H2,1H3,(H,34,37). The van der Waals surface area contributed by atoms with Gasteiger partial charge in [-0.15, -0.1) is 0 Å². The Morgan fingerprint density at radius 2 is 1.59 bits per heavy atom. The van der Waals surface area contributed by atoms with Crippen molar-refractivity contribution in [2.45, 2.75) is 63.6 Å². The summed E-state index contributed by atoms with van der Waals surface area (Å²) in [6, 6.07) is 24.2. The number of rotatable bonds is 13. The Labute approximate surface area is 236 Å². The largest absolute Gasteiger partial charge is 0.497 e. The Hall–Kier alpha value is -3.51. The van der Waals surface area contributed by atoms with Crippen LogP contribution in [0.2, 0.25) is 5.02 Å². The number of carbonyl (C=O) groups is 2. The number of hydrogen-bond donors (Lipinski definition) is 1. The second-order valence-corrected chi connectivity index (χ2v) is 10.4. The third kappa shape index (κ3) is 8.75. The number of ether oxygens (including phenoxy) is 2. The third-order valence-corrected chi connectivity index (χ3v) is 7.35. The van der Waals surface area contributed by atoms with Crippen LogP contribution < -0.4 is 14.8 Å². The van der Waals surface area contributed by atoms with Gasteiger partial charge >= 0.3 is 0 Å². The monoisotopic (exact) mass is 548 g/mol. The van der Waals surface area contributed by atoms with Gasteiger partial charge in [-0.25, -0.2) is 0 Å². The summed E-state index contributed by atoms with van der Waals surface area (Å²) in [6.07, 6.45) is 5.46. The van der Waals surface area contributed by atoms with E-state index in [1.807, 2.05) is 78.9 Å². The molecule has 0 saturated heterocycles. The summed E-state index contributed by atoms with van der Waals surface area (Å²) in [6.45, 7) is 0.718. The average molecular weight is 549 g/mol. The molecule has 4 rings (SSSR count). The summed E-state index contributed by atoms with van der Waals surface area (Å²) in [4.78, 5) is 29.2. The van der Waals surface area contributed by atoms with E-state index in [2.05, 4.69) is 5.32 Å². The zero-order valence-electron chi connectivity index (χ0n) is 22.5. The summed E-state index contributed by atoms with van der Waals surface area (Å²) < 4.78 is 11.0. The summed E-state index contributed by atoms with van der Waals surface area (Å²) in [5, 5.41) is 3.87. The molecule has 1 aliphatic carbocycles. The molecule has 1 unspecified atom stereocenters. The fraction of sp³-hybridized carbons (Fsp3) is 0.375. The van der Waals surface area contributed by atoms with E-state index in [0.29, 0.717) is 31.0 Å². The number of halogens is 1. The first kappa shape index (κ1) is 28.5. The summed E-state index contributed by atoms with van der Waals surface area (Å²) >= 11 is 6.11. The number of amides is 2. The minimum atomic E-state index is -0.626. The van der Waals surface area contributed by atoms with E-state index in [-0.39, 0.29) is 24.3 Å². The molecule has 3 aromatic rings. The molecule has 0 radical (unpaired) electrons. The molecular formula is C32H37ClN2O4. The van der Waals surface area contributed by atoms with Crippen molar-refractivity contribution < 1.29 is 19.1 Å². The second kappa shape index (κ2) is 14.6. The van der Waals surface area contributed by atoms with Crippen molar-refractivity contribution >= 4 is 23.4 Å². The first-order valence-corrected chi connectivity index (χ1v) is 14.0. The number of methoxy groups -OCH3 is 1. The molecule has 2 amide bonds. The molecule has 0 aliphatic heterocycles. The first-order chi connectivity index (χ1) is 19.0. The van der Waals surface area contributed by atoms with Gasteiger partial charge in [0.1, 0.15) is 17.5 Å². The number of hydrogen-bond acceptors (Lipinski definition) is 4. The molecule has 1 N–H and O–H groups in total. The maximum absolute atomic E-state index is 13.7. The van der Waals surface area contributed by atoms with E-state index in [4.69, 9.17) is 21.1 Å². The third-order valence-electron chi connectivity index (χ3n) is 7.10. The van der Waals surface area contributed by atoms with E-state index < -0.39 is 6.04 Å². The van der Waals surface area contributed by atoms with Crippen LogP contribution >= 0.6 is 11.6 Å². The van der Waals surface area contributed by atoms with Gasteiger partial charge in [-0.1, -0.05) is 66.9 Å². The van der Waals surface area contributed by atoms with Gasteiger partial charge in [0.05, 0.1) is 13.7 Å². The lowest BCUT2D eigenvalue weighted by Gasteiger charge is -2.32. The van der Waals surface area contributed by atoms with E-state index in [0.717, 1.165) is 48.3 Å². The van der Waals surface area contributed by atoms with Crippen LogP contribution in [0, 0.1) is 0 Å². The van der Waals surface area contributed by atoms with Crippen LogP contribution in [0.3, 0.4) is 0 Å². The molecule has 3 aromatic carbocycles. The molecule has 206 valence electrons. The molecule has 1 saturated carbocycles. The summed E-state index contributed by atoms with van der Waals surface area (Å²) in [5.41, 5.74) is 1.94. The lowest BCUT2D eigenvalue weighted by atomic mass is 10.0. The molecular weight excluding hydrogens is 512 g/mol. The smallest absolute Gasteiger partial charge is 0.243 e. The first-order valence-electron chi connectivity index (χ1n) is 13.7. The highest BCUT2D eigenvalue weighted by atomic mass is 35.5. The average Bonchev–Trinajstić information content (AvgIpc) is 3.48. The second-order valence-electron chi connectivity index (χ2n) is 9.97.